The van der Waals surface area contributed by atoms with Crippen LogP contribution in [-0.2, 0) is 0 Å². The van der Waals surface area contributed by atoms with Crippen molar-refractivity contribution in [2.45, 2.75) is 18.8 Å². The highest BCUT2D eigenvalue weighted by Gasteiger charge is 2.39. The van der Waals surface area contributed by atoms with E-state index in [0.29, 0.717) is 0 Å². The number of allylic oxidation sites excluding steroid dienone is 2. The van der Waals surface area contributed by atoms with E-state index in [1.807, 2.05) is 55.5 Å². The minimum atomic E-state index is -0.369. The Hall–Kier alpha value is -2.22. The van der Waals surface area contributed by atoms with Gasteiger partial charge in [0.25, 0.3) is 0 Å². The molecule has 0 N–H and O–H groups in total. The second kappa shape index (κ2) is 4.91. The van der Waals surface area contributed by atoms with Crippen LogP contribution in [0.5, 0.6) is 0 Å². The van der Waals surface area contributed by atoms with Gasteiger partial charge in [-0.15, -0.1) is 0 Å². The summed E-state index contributed by atoms with van der Waals surface area (Å²) in [6.07, 6.45) is 3.16. The van der Waals surface area contributed by atoms with Gasteiger partial charge >= 0.3 is 0 Å². The number of hydrogen-bond donors (Lipinski definition) is 0. The van der Waals surface area contributed by atoms with Crippen LogP contribution in [0.1, 0.15) is 41.0 Å². The van der Waals surface area contributed by atoms with E-state index in [9.17, 15) is 8.78 Å². The molecule has 0 radical (unpaired) electrons. The predicted molar refractivity (Wildman–Crippen MR) is 85.7 cm³/mol. The van der Waals surface area contributed by atoms with Gasteiger partial charge in [0.05, 0.1) is 0 Å². The van der Waals surface area contributed by atoms with Crippen molar-refractivity contribution in [1.29, 1.82) is 0 Å². The monoisotopic (exact) mass is 294 g/mol. The highest BCUT2D eigenvalue weighted by molar-refractivity contribution is 5.68. The van der Waals surface area contributed by atoms with Crippen LogP contribution in [0.3, 0.4) is 0 Å². The number of rotatable bonds is 2. The normalized spacial score (nSPS) is 23.6. The largest absolute Gasteiger partial charge is 0.211 e. The Morgan fingerprint density at radius 3 is 1.59 bits per heavy atom. The van der Waals surface area contributed by atoms with Gasteiger partial charge in [-0.3, -0.25) is 0 Å². The molecule has 0 saturated heterocycles. The SMILES string of the molecule is CC(C1C(F)=Cc2ccccc21)C1C(F)=Cc2ccccc21. The average molecular weight is 294 g/mol. The molecule has 0 fully saturated rings. The van der Waals surface area contributed by atoms with Crippen molar-refractivity contribution in [3.8, 4) is 0 Å². The van der Waals surface area contributed by atoms with Crippen LogP contribution in [0.25, 0.3) is 12.2 Å². The summed E-state index contributed by atoms with van der Waals surface area (Å²) < 4.78 is 29.0. The molecule has 0 aromatic heterocycles. The van der Waals surface area contributed by atoms with E-state index in [-0.39, 0.29) is 29.4 Å². The molecule has 0 amide bonds. The zero-order valence-corrected chi connectivity index (χ0v) is 12.3. The molecule has 2 heteroatoms. The molecule has 22 heavy (non-hydrogen) atoms. The lowest BCUT2D eigenvalue weighted by atomic mass is 9.77. The van der Waals surface area contributed by atoms with E-state index in [2.05, 4.69) is 0 Å². The Kier molecular flexibility index (Phi) is 3.00. The fourth-order valence-electron chi connectivity index (χ4n) is 3.89. The predicted octanol–water partition coefficient (Wildman–Crippen LogP) is 5.84. The second-order valence-corrected chi connectivity index (χ2v) is 6.13. The molecule has 2 aliphatic carbocycles. The lowest BCUT2D eigenvalue weighted by Gasteiger charge is -2.27. The summed E-state index contributed by atoms with van der Waals surface area (Å²) in [6.45, 7) is 1.94. The van der Waals surface area contributed by atoms with Crippen molar-refractivity contribution in [1.82, 2.24) is 0 Å². The molecule has 0 saturated carbocycles. The summed E-state index contributed by atoms with van der Waals surface area (Å²) in [5.74, 6) is -1.23. The third-order valence-corrected chi connectivity index (χ3v) is 4.89. The Morgan fingerprint density at radius 1 is 0.727 bits per heavy atom. The standard InChI is InChI=1S/C20H16F2/c1-12(19-15-8-4-2-6-13(15)10-17(19)21)20-16-9-5-3-7-14(16)11-18(20)22/h2-12,19-20H,1H3. The molecule has 2 aromatic rings. The number of benzene rings is 2. The first kappa shape index (κ1) is 13.4. The van der Waals surface area contributed by atoms with Crippen molar-refractivity contribution in [2.75, 3.05) is 0 Å². The van der Waals surface area contributed by atoms with E-state index >= 15 is 0 Å². The molecule has 2 atom stereocenters. The lowest BCUT2D eigenvalue weighted by Crippen LogP contribution is -2.17. The fourth-order valence-corrected chi connectivity index (χ4v) is 3.89. The Balaban J connectivity index is 1.76. The zero-order chi connectivity index (χ0) is 15.3. The lowest BCUT2D eigenvalue weighted by molar-refractivity contribution is 0.370. The first-order valence-electron chi connectivity index (χ1n) is 7.59. The number of fused-ring (bicyclic) bond motifs is 2. The Morgan fingerprint density at radius 2 is 1.14 bits per heavy atom. The molecular formula is C20H16F2. The summed E-state index contributed by atoms with van der Waals surface area (Å²) in [7, 11) is 0. The molecule has 0 aliphatic heterocycles. The average Bonchev–Trinajstić information content (AvgIpc) is 3.01. The summed E-state index contributed by atoms with van der Waals surface area (Å²) >= 11 is 0. The minimum Gasteiger partial charge on any atom is -0.211 e. The Labute approximate surface area is 128 Å². The summed E-state index contributed by atoms with van der Waals surface area (Å²) in [4.78, 5) is 0. The molecule has 110 valence electrons. The van der Waals surface area contributed by atoms with Crippen molar-refractivity contribution >= 4 is 12.2 Å². The van der Waals surface area contributed by atoms with Crippen LogP contribution in [0.2, 0.25) is 0 Å². The van der Waals surface area contributed by atoms with Gasteiger partial charge in [0, 0.05) is 11.8 Å². The van der Waals surface area contributed by atoms with Gasteiger partial charge in [-0.1, -0.05) is 55.5 Å². The third-order valence-electron chi connectivity index (χ3n) is 4.89. The van der Waals surface area contributed by atoms with Crippen molar-refractivity contribution in [2.24, 2.45) is 5.92 Å². The van der Waals surface area contributed by atoms with E-state index in [1.165, 1.54) is 0 Å². The maximum atomic E-state index is 14.5. The smallest absolute Gasteiger partial charge is 0.108 e. The van der Waals surface area contributed by atoms with Crippen LogP contribution in [-0.4, -0.2) is 0 Å². The van der Waals surface area contributed by atoms with Crippen molar-refractivity contribution in [3.05, 3.63) is 82.4 Å². The van der Waals surface area contributed by atoms with Gasteiger partial charge < -0.3 is 0 Å². The van der Waals surface area contributed by atoms with Gasteiger partial charge in [-0.2, -0.15) is 0 Å². The number of hydrogen-bond acceptors (Lipinski definition) is 0. The van der Waals surface area contributed by atoms with E-state index in [0.717, 1.165) is 22.3 Å². The second-order valence-electron chi connectivity index (χ2n) is 6.13. The van der Waals surface area contributed by atoms with Gasteiger partial charge in [-0.05, 0) is 40.3 Å². The van der Waals surface area contributed by atoms with Gasteiger partial charge in [0.1, 0.15) is 11.7 Å². The highest BCUT2D eigenvalue weighted by Crippen LogP contribution is 2.51. The maximum absolute atomic E-state index is 14.5. The van der Waals surface area contributed by atoms with Crippen LogP contribution < -0.4 is 0 Å². The molecule has 4 rings (SSSR count). The summed E-state index contributed by atoms with van der Waals surface area (Å²) in [6, 6.07) is 15.4. The van der Waals surface area contributed by atoms with E-state index in [1.54, 1.807) is 12.2 Å². The molecular weight excluding hydrogens is 278 g/mol. The minimum absolute atomic E-state index is 0.161. The third kappa shape index (κ3) is 1.87. The molecule has 2 unspecified atom stereocenters. The fraction of sp³-hybridized carbons (Fsp3) is 0.200. The topological polar surface area (TPSA) is 0 Å². The Bertz CT molecular complexity index is 733. The first-order valence-corrected chi connectivity index (χ1v) is 7.59. The zero-order valence-electron chi connectivity index (χ0n) is 12.3. The molecule has 0 nitrogen and oxygen atoms in total. The van der Waals surface area contributed by atoms with Crippen LogP contribution in [0.4, 0.5) is 8.78 Å². The molecule has 0 spiro atoms. The van der Waals surface area contributed by atoms with Gasteiger partial charge in [0.15, 0.2) is 0 Å². The van der Waals surface area contributed by atoms with Gasteiger partial charge in [0.2, 0.25) is 0 Å². The van der Waals surface area contributed by atoms with E-state index < -0.39 is 0 Å². The molecule has 0 heterocycles. The molecule has 0 bridgehead atoms. The summed E-state index contributed by atoms with van der Waals surface area (Å²) in [5, 5.41) is 0. The van der Waals surface area contributed by atoms with Crippen LogP contribution in [0, 0.1) is 5.92 Å². The first-order chi connectivity index (χ1) is 10.7. The van der Waals surface area contributed by atoms with Crippen molar-refractivity contribution in [3.63, 3.8) is 0 Å². The number of halogens is 2. The maximum Gasteiger partial charge on any atom is 0.108 e. The highest BCUT2D eigenvalue weighted by atomic mass is 19.1. The molecule has 2 aromatic carbocycles. The molecule has 2 aliphatic rings. The van der Waals surface area contributed by atoms with E-state index in [4.69, 9.17) is 0 Å². The quantitative estimate of drug-likeness (QED) is 0.653. The summed E-state index contributed by atoms with van der Waals surface area (Å²) in [5.41, 5.74) is 3.74. The van der Waals surface area contributed by atoms with Gasteiger partial charge in [-0.25, -0.2) is 8.78 Å². The van der Waals surface area contributed by atoms with Crippen LogP contribution >= 0.6 is 0 Å². The van der Waals surface area contributed by atoms with Crippen LogP contribution in [0.15, 0.2) is 60.2 Å². The van der Waals surface area contributed by atoms with Crippen molar-refractivity contribution < 1.29 is 8.78 Å².